The van der Waals surface area contributed by atoms with Gasteiger partial charge in [0, 0.05) is 29.3 Å². The number of pyridine rings is 1. The molecule has 1 aromatic heterocycles. The largest absolute Gasteiger partial charge is 0.396 e. The summed E-state index contributed by atoms with van der Waals surface area (Å²) >= 11 is 0. The third-order valence-corrected chi connectivity index (χ3v) is 4.95. The van der Waals surface area contributed by atoms with Crippen molar-refractivity contribution in [1.82, 2.24) is 10.3 Å². The summed E-state index contributed by atoms with van der Waals surface area (Å²) in [4.78, 5) is 26.9. The van der Waals surface area contributed by atoms with E-state index in [0.29, 0.717) is 30.0 Å². The van der Waals surface area contributed by atoms with Crippen molar-refractivity contribution in [2.24, 2.45) is 0 Å². The Hall–Kier alpha value is -2.89. The van der Waals surface area contributed by atoms with Gasteiger partial charge in [-0.05, 0) is 48.9 Å². The van der Waals surface area contributed by atoms with Crippen molar-refractivity contribution in [2.75, 3.05) is 5.73 Å². The highest BCUT2D eigenvalue weighted by Gasteiger charge is 2.26. The predicted octanol–water partition coefficient (Wildman–Crippen LogP) is 2.68. The van der Waals surface area contributed by atoms with Crippen LogP contribution in [-0.2, 0) is 4.79 Å². The summed E-state index contributed by atoms with van der Waals surface area (Å²) in [6.07, 6.45) is 5.15. The highest BCUT2D eigenvalue weighted by Crippen LogP contribution is 2.38. The molecule has 0 spiro atoms. The van der Waals surface area contributed by atoms with Crippen LogP contribution in [0.4, 0.5) is 10.1 Å². The maximum absolute atomic E-state index is 13.6. The van der Waals surface area contributed by atoms with Gasteiger partial charge in [-0.2, -0.15) is 0 Å². The van der Waals surface area contributed by atoms with Crippen LogP contribution in [0, 0.1) is 5.82 Å². The summed E-state index contributed by atoms with van der Waals surface area (Å²) in [6, 6.07) is 8.08. The molecule has 0 unspecified atom stereocenters. The standard InChI is InChI=1S/C20H20FN3O2/c21-16-6-3-12(9-17(16)22)15(10-13-4-8-19(25)23-13)18-7-5-14(11-1-2-11)20(26)24-18/h3,5-7,9-11,13H,1-2,4,8,22H2,(H,23,25)(H,24,26)/b15-10+/t13-/m1/s1. The van der Waals surface area contributed by atoms with E-state index in [9.17, 15) is 14.0 Å². The first-order valence-corrected chi connectivity index (χ1v) is 8.81. The molecular weight excluding hydrogens is 333 g/mol. The number of halogens is 1. The molecule has 1 aromatic carbocycles. The molecule has 0 bridgehead atoms. The monoisotopic (exact) mass is 353 g/mol. The van der Waals surface area contributed by atoms with Gasteiger partial charge in [-0.3, -0.25) is 9.59 Å². The topological polar surface area (TPSA) is 88.0 Å². The first kappa shape index (κ1) is 16.6. The first-order chi connectivity index (χ1) is 12.5. The Labute approximate surface area is 150 Å². The summed E-state index contributed by atoms with van der Waals surface area (Å²) in [5.41, 5.74) is 8.53. The molecule has 1 atom stereocenters. The molecule has 2 aromatic rings. The second-order valence-corrected chi connectivity index (χ2v) is 6.96. The minimum atomic E-state index is -0.486. The average Bonchev–Trinajstić information content (AvgIpc) is 3.37. The van der Waals surface area contributed by atoms with E-state index in [1.54, 1.807) is 12.1 Å². The van der Waals surface area contributed by atoms with E-state index in [4.69, 9.17) is 5.73 Å². The van der Waals surface area contributed by atoms with Gasteiger partial charge in [0.25, 0.3) is 5.56 Å². The highest BCUT2D eigenvalue weighted by atomic mass is 19.1. The maximum atomic E-state index is 13.6. The van der Waals surface area contributed by atoms with Gasteiger partial charge < -0.3 is 16.0 Å². The Morgan fingerprint density at radius 2 is 1.96 bits per heavy atom. The lowest BCUT2D eigenvalue weighted by Gasteiger charge is -2.13. The number of anilines is 1. The van der Waals surface area contributed by atoms with Crippen LogP contribution in [0.2, 0.25) is 0 Å². The zero-order valence-electron chi connectivity index (χ0n) is 14.2. The van der Waals surface area contributed by atoms with Crippen molar-refractivity contribution in [3.05, 3.63) is 69.4 Å². The molecule has 6 heteroatoms. The third-order valence-electron chi connectivity index (χ3n) is 4.95. The van der Waals surface area contributed by atoms with E-state index in [-0.39, 0.29) is 23.2 Å². The summed E-state index contributed by atoms with van der Waals surface area (Å²) < 4.78 is 13.6. The maximum Gasteiger partial charge on any atom is 0.251 e. The lowest BCUT2D eigenvalue weighted by molar-refractivity contribution is -0.119. The van der Waals surface area contributed by atoms with Crippen LogP contribution in [0.1, 0.15) is 48.4 Å². The third kappa shape index (κ3) is 3.27. The Morgan fingerprint density at radius 1 is 1.15 bits per heavy atom. The van der Waals surface area contributed by atoms with E-state index in [2.05, 4.69) is 10.3 Å². The van der Waals surface area contributed by atoms with E-state index in [1.165, 1.54) is 6.07 Å². The van der Waals surface area contributed by atoms with Gasteiger partial charge in [-0.25, -0.2) is 4.39 Å². The molecule has 2 heterocycles. The Balaban J connectivity index is 1.78. The van der Waals surface area contributed by atoms with Crippen LogP contribution in [0.15, 0.2) is 41.2 Å². The number of carbonyl (C=O) groups excluding carboxylic acids is 1. The van der Waals surface area contributed by atoms with Crippen molar-refractivity contribution >= 4 is 17.2 Å². The molecule has 1 aliphatic carbocycles. The van der Waals surface area contributed by atoms with Gasteiger partial charge in [-0.15, -0.1) is 0 Å². The molecule has 1 aliphatic heterocycles. The molecule has 0 radical (unpaired) electrons. The minimum absolute atomic E-state index is 0.00166. The summed E-state index contributed by atoms with van der Waals surface area (Å²) in [6.45, 7) is 0. The number of nitrogen functional groups attached to an aromatic ring is 1. The van der Waals surface area contributed by atoms with Crippen molar-refractivity contribution in [1.29, 1.82) is 0 Å². The van der Waals surface area contributed by atoms with E-state index in [0.717, 1.165) is 24.0 Å². The Morgan fingerprint density at radius 3 is 2.58 bits per heavy atom. The summed E-state index contributed by atoms with van der Waals surface area (Å²) in [5.74, 6) is -0.127. The quantitative estimate of drug-likeness (QED) is 0.739. The zero-order chi connectivity index (χ0) is 18.3. The molecule has 1 saturated heterocycles. The van der Waals surface area contributed by atoms with Gasteiger partial charge in [-0.1, -0.05) is 18.2 Å². The molecule has 134 valence electrons. The van der Waals surface area contributed by atoms with Gasteiger partial charge in [0.2, 0.25) is 5.91 Å². The van der Waals surface area contributed by atoms with Crippen molar-refractivity contribution in [2.45, 2.75) is 37.6 Å². The van der Waals surface area contributed by atoms with Gasteiger partial charge >= 0.3 is 0 Å². The number of aromatic amines is 1. The molecule has 1 saturated carbocycles. The molecule has 26 heavy (non-hydrogen) atoms. The number of amides is 1. The fraction of sp³-hybridized carbons (Fsp3) is 0.300. The van der Waals surface area contributed by atoms with Crippen molar-refractivity contribution < 1.29 is 9.18 Å². The lowest BCUT2D eigenvalue weighted by atomic mass is 9.97. The summed E-state index contributed by atoms with van der Waals surface area (Å²) in [7, 11) is 0. The van der Waals surface area contributed by atoms with E-state index in [1.807, 2.05) is 18.2 Å². The fourth-order valence-corrected chi connectivity index (χ4v) is 3.37. The van der Waals surface area contributed by atoms with Crippen molar-refractivity contribution in [3.63, 3.8) is 0 Å². The number of aromatic nitrogens is 1. The van der Waals surface area contributed by atoms with Crippen LogP contribution < -0.4 is 16.6 Å². The Bertz CT molecular complexity index is 960. The van der Waals surface area contributed by atoms with Crippen LogP contribution in [0.25, 0.3) is 5.57 Å². The number of hydrogen-bond donors (Lipinski definition) is 3. The van der Waals surface area contributed by atoms with Crippen LogP contribution >= 0.6 is 0 Å². The lowest BCUT2D eigenvalue weighted by Crippen LogP contribution is -2.23. The van der Waals surface area contributed by atoms with E-state index >= 15 is 0 Å². The van der Waals surface area contributed by atoms with Crippen molar-refractivity contribution in [3.8, 4) is 0 Å². The second kappa shape index (κ2) is 6.44. The first-order valence-electron chi connectivity index (χ1n) is 8.81. The highest BCUT2D eigenvalue weighted by molar-refractivity contribution is 5.83. The van der Waals surface area contributed by atoms with Gasteiger partial charge in [0.05, 0.1) is 5.69 Å². The van der Waals surface area contributed by atoms with Gasteiger partial charge in [0.1, 0.15) is 5.82 Å². The SMILES string of the molecule is Nc1cc(/C(=C\[C@H]2CCC(=O)N2)c2ccc(C3CC3)c(=O)[nH]2)ccc1F. The number of hydrogen-bond acceptors (Lipinski definition) is 3. The van der Waals surface area contributed by atoms with Crippen LogP contribution in [0.3, 0.4) is 0 Å². The molecule has 2 aliphatic rings. The number of benzene rings is 1. The molecular formula is C20H20FN3O2. The molecule has 5 nitrogen and oxygen atoms in total. The molecule has 2 fully saturated rings. The molecule has 4 N–H and O–H groups in total. The summed E-state index contributed by atoms with van der Waals surface area (Å²) in [5, 5.41) is 2.89. The van der Waals surface area contributed by atoms with E-state index < -0.39 is 5.82 Å². The second-order valence-electron chi connectivity index (χ2n) is 6.96. The zero-order valence-corrected chi connectivity index (χ0v) is 14.2. The smallest absolute Gasteiger partial charge is 0.251 e. The Kier molecular flexibility index (Phi) is 4.11. The normalized spacial score (nSPS) is 20.3. The van der Waals surface area contributed by atoms with Crippen LogP contribution in [0.5, 0.6) is 0 Å². The van der Waals surface area contributed by atoms with Gasteiger partial charge in [0.15, 0.2) is 0 Å². The van der Waals surface area contributed by atoms with Crippen LogP contribution in [-0.4, -0.2) is 16.9 Å². The number of nitrogens with one attached hydrogen (secondary N) is 2. The molecule has 4 rings (SSSR count). The average molecular weight is 353 g/mol. The molecule has 1 amide bonds. The minimum Gasteiger partial charge on any atom is -0.396 e. The number of nitrogens with two attached hydrogens (primary N) is 1. The number of H-pyrrole nitrogens is 1. The number of carbonyl (C=O) groups is 1. The fourth-order valence-electron chi connectivity index (χ4n) is 3.37. The number of rotatable bonds is 4. The predicted molar refractivity (Wildman–Crippen MR) is 98.1 cm³/mol.